The number of hydrogen-bond acceptors (Lipinski definition) is 5. The molecule has 0 spiro atoms. The van der Waals surface area contributed by atoms with Gasteiger partial charge in [0.15, 0.2) is 0 Å². The van der Waals surface area contributed by atoms with Crippen LogP contribution in [-0.2, 0) is 4.74 Å². The highest BCUT2D eigenvalue weighted by molar-refractivity contribution is 5.94. The van der Waals surface area contributed by atoms with E-state index in [2.05, 4.69) is 4.90 Å². The molecule has 2 saturated heterocycles. The molecule has 6 nitrogen and oxygen atoms in total. The van der Waals surface area contributed by atoms with E-state index in [4.69, 9.17) is 9.84 Å². The molecule has 0 amide bonds. The molecule has 156 valence electrons. The smallest absolute Gasteiger partial charge is 0.344 e. The van der Waals surface area contributed by atoms with Crippen LogP contribution in [0.2, 0.25) is 0 Å². The molecule has 0 aliphatic carbocycles. The third-order valence-corrected chi connectivity index (χ3v) is 6.37. The van der Waals surface area contributed by atoms with E-state index in [1.54, 1.807) is 10.6 Å². The molecule has 4 rings (SSSR count). The number of ether oxygens (including phenoxy) is 1. The number of benzene rings is 1. The van der Waals surface area contributed by atoms with Gasteiger partial charge in [-0.05, 0) is 50.6 Å². The summed E-state index contributed by atoms with van der Waals surface area (Å²) in [5, 5.41) is 9.99. The number of aromatic nitrogens is 1. The van der Waals surface area contributed by atoms with Crippen LogP contribution in [0, 0.1) is 0 Å². The second-order valence-corrected chi connectivity index (χ2v) is 8.58. The highest BCUT2D eigenvalue weighted by Crippen LogP contribution is 2.37. The van der Waals surface area contributed by atoms with Crippen molar-refractivity contribution in [3.05, 3.63) is 46.2 Å². The summed E-state index contributed by atoms with van der Waals surface area (Å²) in [6.45, 7) is 5.00. The van der Waals surface area contributed by atoms with Crippen LogP contribution >= 0.6 is 0 Å². The number of carbonyl (C=O) groups excluding carboxylic acids is 1. The zero-order valence-corrected chi connectivity index (χ0v) is 17.2. The summed E-state index contributed by atoms with van der Waals surface area (Å²) in [6, 6.07) is 10.1. The number of pyridine rings is 1. The predicted molar refractivity (Wildman–Crippen MR) is 112 cm³/mol. The first-order chi connectivity index (χ1) is 14.0. The van der Waals surface area contributed by atoms with Gasteiger partial charge < -0.3 is 14.4 Å². The van der Waals surface area contributed by atoms with E-state index in [0.717, 1.165) is 49.6 Å². The normalized spacial score (nSPS) is 24.3. The molecule has 2 fully saturated rings. The number of aliphatic hydroxyl groups excluding tert-OH is 1. The summed E-state index contributed by atoms with van der Waals surface area (Å²) in [5.41, 5.74) is 0.666. The maximum Gasteiger partial charge on any atom is 0.344 e. The fourth-order valence-corrected chi connectivity index (χ4v) is 5.10. The van der Waals surface area contributed by atoms with Gasteiger partial charge in [0.1, 0.15) is 11.7 Å². The highest BCUT2D eigenvalue weighted by atomic mass is 16.5. The standard InChI is InChI=1S/C23H30N2O4/c1-15(2)25-21-7-4-3-6-16(21)12-20(22(25)27)23(28)29-19-13-17-8-9-18(14-19)24(17)10-5-11-26/h3-4,6-7,12,15,17-19,26H,5,8-11,13-14H2,1-2H3. The van der Waals surface area contributed by atoms with E-state index >= 15 is 0 Å². The van der Waals surface area contributed by atoms with Gasteiger partial charge in [-0.15, -0.1) is 0 Å². The van der Waals surface area contributed by atoms with Gasteiger partial charge in [-0.3, -0.25) is 9.69 Å². The first-order valence-electron chi connectivity index (χ1n) is 10.7. The van der Waals surface area contributed by atoms with Gasteiger partial charge in [-0.1, -0.05) is 18.2 Å². The maximum atomic E-state index is 13.0. The monoisotopic (exact) mass is 398 g/mol. The average molecular weight is 399 g/mol. The van der Waals surface area contributed by atoms with Crippen molar-refractivity contribution in [3.63, 3.8) is 0 Å². The predicted octanol–water partition coefficient (Wildman–Crippen LogP) is 3.12. The van der Waals surface area contributed by atoms with Crippen LogP contribution in [0.1, 0.15) is 62.4 Å². The number of fused-ring (bicyclic) bond motifs is 3. The molecule has 1 aromatic carbocycles. The molecule has 2 aliphatic rings. The Morgan fingerprint density at radius 3 is 2.55 bits per heavy atom. The van der Waals surface area contributed by atoms with Crippen molar-refractivity contribution in [1.29, 1.82) is 0 Å². The lowest BCUT2D eigenvalue weighted by Crippen LogP contribution is -2.46. The van der Waals surface area contributed by atoms with Gasteiger partial charge in [0.05, 0.1) is 5.52 Å². The minimum absolute atomic E-state index is 0.0502. The van der Waals surface area contributed by atoms with E-state index < -0.39 is 5.97 Å². The van der Waals surface area contributed by atoms with E-state index in [9.17, 15) is 9.59 Å². The van der Waals surface area contributed by atoms with Crippen molar-refractivity contribution >= 4 is 16.9 Å². The average Bonchev–Trinajstić information content (AvgIpc) is 2.93. The Hall–Kier alpha value is -2.18. The molecule has 2 bridgehead atoms. The van der Waals surface area contributed by atoms with E-state index in [0.29, 0.717) is 12.1 Å². The minimum atomic E-state index is -0.511. The third-order valence-electron chi connectivity index (χ3n) is 6.37. The van der Waals surface area contributed by atoms with Crippen molar-refractivity contribution in [2.24, 2.45) is 0 Å². The van der Waals surface area contributed by atoms with Crippen LogP contribution in [0.3, 0.4) is 0 Å². The second-order valence-electron chi connectivity index (χ2n) is 8.58. The Morgan fingerprint density at radius 2 is 1.90 bits per heavy atom. The van der Waals surface area contributed by atoms with E-state index in [1.165, 1.54) is 0 Å². The molecule has 2 unspecified atom stereocenters. The Labute approximate surface area is 171 Å². The largest absolute Gasteiger partial charge is 0.459 e. The van der Waals surface area contributed by atoms with Crippen LogP contribution in [0.4, 0.5) is 0 Å². The van der Waals surface area contributed by atoms with E-state index in [1.807, 2.05) is 38.1 Å². The summed E-state index contributed by atoms with van der Waals surface area (Å²) < 4.78 is 7.52. The van der Waals surface area contributed by atoms with Crippen LogP contribution < -0.4 is 5.56 Å². The first-order valence-corrected chi connectivity index (χ1v) is 10.7. The summed E-state index contributed by atoms with van der Waals surface area (Å²) >= 11 is 0. The molecule has 0 radical (unpaired) electrons. The number of para-hydroxylation sites is 1. The molecule has 0 saturated carbocycles. The Balaban J connectivity index is 1.55. The molecular weight excluding hydrogens is 368 g/mol. The lowest BCUT2D eigenvalue weighted by Gasteiger charge is -2.38. The topological polar surface area (TPSA) is 71.8 Å². The fourth-order valence-electron chi connectivity index (χ4n) is 5.10. The van der Waals surface area contributed by atoms with E-state index in [-0.39, 0.29) is 29.9 Å². The third kappa shape index (κ3) is 3.83. The van der Waals surface area contributed by atoms with Gasteiger partial charge in [0, 0.05) is 44.1 Å². The van der Waals surface area contributed by atoms with Crippen molar-refractivity contribution in [1.82, 2.24) is 9.47 Å². The molecule has 2 atom stereocenters. The Kier molecular flexibility index (Phi) is 5.74. The molecular formula is C23H30N2O4. The maximum absolute atomic E-state index is 13.0. The van der Waals surface area contributed by atoms with Crippen molar-refractivity contribution in [2.45, 2.75) is 70.2 Å². The van der Waals surface area contributed by atoms with Gasteiger partial charge in [-0.25, -0.2) is 4.79 Å². The van der Waals surface area contributed by atoms with Crippen molar-refractivity contribution in [3.8, 4) is 0 Å². The molecule has 1 aromatic heterocycles. The van der Waals surface area contributed by atoms with Gasteiger partial charge >= 0.3 is 5.97 Å². The van der Waals surface area contributed by atoms with Gasteiger partial charge in [-0.2, -0.15) is 0 Å². The molecule has 2 aromatic rings. The summed E-state index contributed by atoms with van der Waals surface area (Å²) in [6.07, 6.45) is 4.46. The second kappa shape index (κ2) is 8.28. The number of nitrogens with zero attached hydrogens (tertiary/aromatic N) is 2. The van der Waals surface area contributed by atoms with Crippen LogP contribution in [0.15, 0.2) is 35.1 Å². The zero-order valence-electron chi connectivity index (χ0n) is 17.2. The SMILES string of the molecule is CC(C)n1c(=O)c(C(=O)OC2CC3CCC(C2)N3CCCO)cc2ccccc21. The summed E-state index contributed by atoms with van der Waals surface area (Å²) in [4.78, 5) is 28.5. The fraction of sp³-hybridized carbons (Fsp3) is 0.565. The highest BCUT2D eigenvalue weighted by Gasteiger charge is 2.41. The Morgan fingerprint density at radius 1 is 1.21 bits per heavy atom. The molecule has 3 heterocycles. The number of hydrogen-bond donors (Lipinski definition) is 1. The molecule has 2 aliphatic heterocycles. The first kappa shape index (κ1) is 20.1. The number of carbonyl (C=O) groups is 1. The zero-order chi connectivity index (χ0) is 20.5. The van der Waals surface area contributed by atoms with Crippen LogP contribution in [-0.4, -0.2) is 51.9 Å². The number of esters is 1. The number of aliphatic hydroxyl groups is 1. The molecule has 1 N–H and O–H groups in total. The molecule has 29 heavy (non-hydrogen) atoms. The Bertz CT molecular complexity index is 938. The number of rotatable bonds is 6. The van der Waals surface area contributed by atoms with Crippen LogP contribution in [0.5, 0.6) is 0 Å². The quantitative estimate of drug-likeness (QED) is 0.757. The van der Waals surface area contributed by atoms with Crippen LogP contribution in [0.25, 0.3) is 10.9 Å². The number of piperidine rings is 1. The lowest BCUT2D eigenvalue weighted by molar-refractivity contribution is -0.00711. The van der Waals surface area contributed by atoms with Crippen molar-refractivity contribution < 1.29 is 14.6 Å². The van der Waals surface area contributed by atoms with Crippen molar-refractivity contribution in [2.75, 3.05) is 13.2 Å². The van der Waals surface area contributed by atoms with Gasteiger partial charge in [0.25, 0.3) is 5.56 Å². The summed E-state index contributed by atoms with van der Waals surface area (Å²) in [5.74, 6) is -0.511. The summed E-state index contributed by atoms with van der Waals surface area (Å²) in [7, 11) is 0. The lowest BCUT2D eigenvalue weighted by atomic mass is 9.99. The van der Waals surface area contributed by atoms with Gasteiger partial charge in [0.2, 0.25) is 0 Å². The molecule has 6 heteroatoms. The minimum Gasteiger partial charge on any atom is -0.459 e.